The maximum atomic E-state index is 12.4. The van der Waals surface area contributed by atoms with Crippen LogP contribution in [0.3, 0.4) is 0 Å². The molecule has 1 atom stereocenters. The Labute approximate surface area is 183 Å². The Morgan fingerprint density at radius 1 is 0.968 bits per heavy atom. The SMILES string of the molecule is O=C(NC[C@H](O)CNC1Cc2ccccc2C1)c1ccc(CC(=O)N2CCCC2)cc1. The maximum absolute atomic E-state index is 12.4. The number of rotatable bonds is 8. The van der Waals surface area contributed by atoms with Crippen molar-refractivity contribution >= 4 is 11.8 Å². The second-order valence-electron chi connectivity index (χ2n) is 8.61. The average Bonchev–Trinajstić information content (AvgIpc) is 3.46. The normalized spacial score (nSPS) is 16.9. The van der Waals surface area contributed by atoms with Gasteiger partial charge in [0.05, 0.1) is 12.5 Å². The highest BCUT2D eigenvalue weighted by Crippen LogP contribution is 2.21. The van der Waals surface area contributed by atoms with Crippen molar-refractivity contribution < 1.29 is 14.7 Å². The molecule has 2 aliphatic rings. The molecule has 0 saturated carbocycles. The van der Waals surface area contributed by atoms with Crippen molar-refractivity contribution in [2.75, 3.05) is 26.2 Å². The van der Waals surface area contributed by atoms with Crippen LogP contribution in [0.2, 0.25) is 0 Å². The summed E-state index contributed by atoms with van der Waals surface area (Å²) in [6, 6.07) is 15.9. The molecular formula is C25H31N3O3. The molecule has 2 aromatic rings. The van der Waals surface area contributed by atoms with E-state index in [1.807, 2.05) is 17.0 Å². The number of nitrogens with zero attached hydrogens (tertiary/aromatic N) is 1. The number of benzene rings is 2. The first-order valence-electron chi connectivity index (χ1n) is 11.2. The second-order valence-corrected chi connectivity index (χ2v) is 8.61. The third-order valence-corrected chi connectivity index (χ3v) is 6.22. The highest BCUT2D eigenvalue weighted by atomic mass is 16.3. The fourth-order valence-corrected chi connectivity index (χ4v) is 4.42. The summed E-state index contributed by atoms with van der Waals surface area (Å²) in [6.45, 7) is 2.34. The molecule has 1 fully saturated rings. The molecule has 4 rings (SSSR count). The number of aliphatic hydroxyl groups excluding tert-OH is 1. The second kappa shape index (κ2) is 10.1. The molecule has 6 heteroatoms. The molecule has 1 aliphatic heterocycles. The van der Waals surface area contributed by atoms with Crippen LogP contribution in [0.5, 0.6) is 0 Å². The minimum absolute atomic E-state index is 0.149. The minimum atomic E-state index is -0.648. The molecule has 6 nitrogen and oxygen atoms in total. The van der Waals surface area contributed by atoms with Crippen LogP contribution < -0.4 is 10.6 Å². The Kier molecular flexibility index (Phi) is 6.99. The number of hydrogen-bond donors (Lipinski definition) is 3. The largest absolute Gasteiger partial charge is 0.390 e. The summed E-state index contributed by atoms with van der Waals surface area (Å²) in [6.07, 6.45) is 3.84. The van der Waals surface area contributed by atoms with Gasteiger partial charge in [0.2, 0.25) is 5.91 Å². The lowest BCUT2D eigenvalue weighted by Crippen LogP contribution is -2.41. The number of carbonyl (C=O) groups excluding carboxylic acids is 2. The van der Waals surface area contributed by atoms with Gasteiger partial charge in [-0.2, -0.15) is 0 Å². The molecule has 31 heavy (non-hydrogen) atoms. The van der Waals surface area contributed by atoms with Crippen molar-refractivity contribution in [2.24, 2.45) is 0 Å². The quantitative estimate of drug-likeness (QED) is 0.606. The summed E-state index contributed by atoms with van der Waals surface area (Å²) in [5.74, 6) is -0.0691. The Bertz CT molecular complexity index is 881. The van der Waals surface area contributed by atoms with Crippen LogP contribution >= 0.6 is 0 Å². The molecule has 0 unspecified atom stereocenters. The first-order chi connectivity index (χ1) is 15.1. The molecule has 0 bridgehead atoms. The number of likely N-dealkylation sites (tertiary alicyclic amines) is 1. The molecule has 1 heterocycles. The lowest BCUT2D eigenvalue weighted by Gasteiger charge is -2.17. The van der Waals surface area contributed by atoms with Gasteiger partial charge in [-0.3, -0.25) is 9.59 Å². The van der Waals surface area contributed by atoms with E-state index in [1.165, 1.54) is 11.1 Å². The van der Waals surface area contributed by atoms with Gasteiger partial charge < -0.3 is 20.6 Å². The van der Waals surface area contributed by atoms with Gasteiger partial charge in [-0.15, -0.1) is 0 Å². The fourth-order valence-electron chi connectivity index (χ4n) is 4.42. The predicted octanol–water partition coefficient (Wildman–Crippen LogP) is 1.70. The van der Waals surface area contributed by atoms with E-state index in [4.69, 9.17) is 0 Å². The Morgan fingerprint density at radius 2 is 1.61 bits per heavy atom. The van der Waals surface area contributed by atoms with Crippen molar-refractivity contribution in [3.05, 3.63) is 70.8 Å². The van der Waals surface area contributed by atoms with E-state index in [0.29, 0.717) is 24.6 Å². The van der Waals surface area contributed by atoms with Crippen molar-refractivity contribution in [3.63, 3.8) is 0 Å². The van der Waals surface area contributed by atoms with E-state index >= 15 is 0 Å². The van der Waals surface area contributed by atoms with Crippen molar-refractivity contribution in [1.82, 2.24) is 15.5 Å². The summed E-state index contributed by atoms with van der Waals surface area (Å²) in [7, 11) is 0. The van der Waals surface area contributed by atoms with Gasteiger partial charge in [-0.25, -0.2) is 0 Å². The zero-order valence-corrected chi connectivity index (χ0v) is 17.8. The topological polar surface area (TPSA) is 81.7 Å². The van der Waals surface area contributed by atoms with Crippen LogP contribution in [0.15, 0.2) is 48.5 Å². The molecular weight excluding hydrogens is 390 g/mol. The Morgan fingerprint density at radius 3 is 2.26 bits per heavy atom. The third-order valence-electron chi connectivity index (χ3n) is 6.22. The summed E-state index contributed by atoms with van der Waals surface area (Å²) in [5.41, 5.74) is 4.18. The van der Waals surface area contributed by atoms with Gasteiger partial charge in [0, 0.05) is 37.8 Å². The molecule has 1 aliphatic carbocycles. The standard InChI is InChI=1S/C25H31N3O3/c29-23(16-26-22-14-20-5-1-2-6-21(20)15-22)17-27-25(31)19-9-7-18(8-10-19)13-24(30)28-11-3-4-12-28/h1-2,5-10,22-23,26,29H,3-4,11-17H2,(H,27,31)/t23-/m1/s1. The van der Waals surface area contributed by atoms with Crippen LogP contribution in [0.25, 0.3) is 0 Å². The van der Waals surface area contributed by atoms with Crippen LogP contribution in [0.4, 0.5) is 0 Å². The number of hydrogen-bond acceptors (Lipinski definition) is 4. The summed E-state index contributed by atoms with van der Waals surface area (Å²) >= 11 is 0. The first-order valence-corrected chi connectivity index (χ1v) is 11.2. The van der Waals surface area contributed by atoms with Gasteiger partial charge in [-0.1, -0.05) is 36.4 Å². The number of nitrogens with one attached hydrogen (secondary N) is 2. The summed E-state index contributed by atoms with van der Waals surface area (Å²) in [4.78, 5) is 26.5. The number of amides is 2. The van der Waals surface area contributed by atoms with Crippen molar-refractivity contribution in [1.29, 1.82) is 0 Å². The van der Waals surface area contributed by atoms with Gasteiger partial charge >= 0.3 is 0 Å². The van der Waals surface area contributed by atoms with E-state index in [1.54, 1.807) is 12.1 Å². The van der Waals surface area contributed by atoms with Crippen LogP contribution in [-0.4, -0.2) is 60.1 Å². The van der Waals surface area contributed by atoms with Crippen molar-refractivity contribution in [2.45, 2.75) is 44.2 Å². The number of carbonyl (C=O) groups is 2. The molecule has 2 amide bonds. The molecule has 0 radical (unpaired) electrons. The summed E-state index contributed by atoms with van der Waals surface area (Å²) < 4.78 is 0. The smallest absolute Gasteiger partial charge is 0.251 e. The highest BCUT2D eigenvalue weighted by molar-refractivity contribution is 5.94. The molecule has 2 aromatic carbocycles. The number of fused-ring (bicyclic) bond motifs is 1. The van der Waals surface area contributed by atoms with Gasteiger partial charge in [0.25, 0.3) is 5.91 Å². The Hall–Kier alpha value is -2.70. The van der Waals surface area contributed by atoms with Gasteiger partial charge in [0.15, 0.2) is 0 Å². The maximum Gasteiger partial charge on any atom is 0.251 e. The molecule has 3 N–H and O–H groups in total. The van der Waals surface area contributed by atoms with E-state index in [9.17, 15) is 14.7 Å². The lowest BCUT2D eigenvalue weighted by atomic mass is 10.1. The highest BCUT2D eigenvalue weighted by Gasteiger charge is 2.21. The van der Waals surface area contributed by atoms with Crippen LogP contribution in [0, 0.1) is 0 Å². The monoisotopic (exact) mass is 421 g/mol. The minimum Gasteiger partial charge on any atom is -0.390 e. The van der Waals surface area contributed by atoms with E-state index in [2.05, 4.69) is 34.9 Å². The molecule has 164 valence electrons. The van der Waals surface area contributed by atoms with Crippen LogP contribution in [-0.2, 0) is 24.1 Å². The van der Waals surface area contributed by atoms with E-state index in [-0.39, 0.29) is 18.4 Å². The van der Waals surface area contributed by atoms with Crippen LogP contribution in [0.1, 0.15) is 39.9 Å². The average molecular weight is 422 g/mol. The first kappa shape index (κ1) is 21.5. The van der Waals surface area contributed by atoms with Crippen molar-refractivity contribution in [3.8, 4) is 0 Å². The zero-order valence-electron chi connectivity index (χ0n) is 17.8. The fraction of sp³-hybridized carbons (Fsp3) is 0.440. The molecule has 0 aromatic heterocycles. The molecule has 0 spiro atoms. The van der Waals surface area contributed by atoms with Gasteiger partial charge in [0.1, 0.15) is 0 Å². The van der Waals surface area contributed by atoms with Gasteiger partial charge in [-0.05, 0) is 54.5 Å². The third kappa shape index (κ3) is 5.71. The zero-order chi connectivity index (χ0) is 21.6. The van der Waals surface area contributed by atoms with E-state index < -0.39 is 6.10 Å². The predicted molar refractivity (Wildman–Crippen MR) is 120 cm³/mol. The summed E-state index contributed by atoms with van der Waals surface area (Å²) in [5, 5.41) is 16.4. The lowest BCUT2D eigenvalue weighted by molar-refractivity contribution is -0.129. The van der Waals surface area contributed by atoms with E-state index in [0.717, 1.165) is 44.3 Å². The number of aliphatic hydroxyl groups is 1. The molecule has 1 saturated heterocycles. The Balaban J connectivity index is 1.17.